The number of rotatable bonds is 4. The Hall–Kier alpha value is -2.87. The summed E-state index contributed by atoms with van der Waals surface area (Å²) in [5.41, 5.74) is 2.25. The Balaban J connectivity index is 1.30. The molecule has 1 aromatic carbocycles. The van der Waals surface area contributed by atoms with Crippen molar-refractivity contribution in [2.45, 2.75) is 25.5 Å². The summed E-state index contributed by atoms with van der Waals surface area (Å²) in [5.74, 6) is 1.00. The molecular weight excluding hydrogens is 368 g/mol. The first-order chi connectivity index (χ1) is 14.2. The van der Waals surface area contributed by atoms with Gasteiger partial charge in [0.1, 0.15) is 6.10 Å². The topological polar surface area (TPSA) is 75.0 Å². The number of ether oxygens (including phenoxy) is 1. The van der Waals surface area contributed by atoms with Gasteiger partial charge in [-0.05, 0) is 30.5 Å². The monoisotopic (exact) mass is 396 g/mol. The van der Waals surface area contributed by atoms with E-state index in [0.717, 1.165) is 37.6 Å². The highest BCUT2D eigenvalue weighted by Crippen LogP contribution is 2.16. The number of piperazine rings is 1. The van der Waals surface area contributed by atoms with Crippen molar-refractivity contribution in [2.24, 2.45) is 4.99 Å². The Morgan fingerprint density at radius 3 is 2.79 bits per heavy atom. The molecule has 2 saturated heterocycles. The Labute approximate surface area is 171 Å². The van der Waals surface area contributed by atoms with Gasteiger partial charge in [-0.2, -0.15) is 0 Å². The number of amides is 1. The van der Waals surface area contributed by atoms with Crippen LogP contribution in [0.3, 0.4) is 0 Å². The van der Waals surface area contributed by atoms with Gasteiger partial charge in [-0.15, -0.1) is 0 Å². The van der Waals surface area contributed by atoms with E-state index in [0.29, 0.717) is 26.2 Å². The zero-order chi connectivity index (χ0) is 20.1. The lowest BCUT2D eigenvalue weighted by Gasteiger charge is -2.37. The van der Waals surface area contributed by atoms with Crippen molar-refractivity contribution < 1.29 is 9.53 Å². The Bertz CT molecular complexity index is 837. The summed E-state index contributed by atoms with van der Waals surface area (Å²) < 4.78 is 7.53. The molecule has 2 fully saturated rings. The summed E-state index contributed by atoms with van der Waals surface area (Å²) in [5, 5.41) is 3.45. The van der Waals surface area contributed by atoms with E-state index < -0.39 is 0 Å². The summed E-state index contributed by atoms with van der Waals surface area (Å²) in [6, 6.07) is 8.34. The van der Waals surface area contributed by atoms with Crippen LogP contribution in [0.2, 0.25) is 0 Å². The molecule has 1 atom stereocenters. The highest BCUT2D eigenvalue weighted by molar-refractivity contribution is 5.82. The number of guanidine groups is 1. The largest absolute Gasteiger partial charge is 0.368 e. The third kappa shape index (κ3) is 4.59. The van der Waals surface area contributed by atoms with E-state index in [9.17, 15) is 4.79 Å². The number of carbonyl (C=O) groups excluding carboxylic acids is 1. The molecule has 3 heterocycles. The highest BCUT2D eigenvalue weighted by atomic mass is 16.5. The number of hydrogen-bond acceptors (Lipinski definition) is 4. The minimum absolute atomic E-state index is 0.140. The molecule has 29 heavy (non-hydrogen) atoms. The van der Waals surface area contributed by atoms with Crippen LogP contribution in [0.25, 0.3) is 5.69 Å². The maximum absolute atomic E-state index is 12.5. The van der Waals surface area contributed by atoms with E-state index in [1.807, 2.05) is 21.7 Å². The first-order valence-corrected chi connectivity index (χ1v) is 10.2. The highest BCUT2D eigenvalue weighted by Gasteiger charge is 2.30. The molecule has 154 valence electrons. The molecular formula is C21H28N6O2. The summed E-state index contributed by atoms with van der Waals surface area (Å²) in [4.78, 5) is 25.2. The van der Waals surface area contributed by atoms with Gasteiger partial charge >= 0.3 is 0 Å². The van der Waals surface area contributed by atoms with E-state index in [1.54, 1.807) is 19.6 Å². The third-order valence-corrected chi connectivity index (χ3v) is 5.47. The van der Waals surface area contributed by atoms with Crippen LogP contribution in [0, 0.1) is 0 Å². The first-order valence-electron chi connectivity index (χ1n) is 10.2. The standard InChI is InChI=1S/C21H28N6O2/c1-22-21(24-15-17-4-2-5-18(14-17)27-8-7-23-16-27)26-11-9-25(10-12-26)20(28)19-6-3-13-29-19/h2,4-5,7-8,14,16,19H,3,6,9-13,15H2,1H3,(H,22,24). The second kappa shape index (κ2) is 9.09. The van der Waals surface area contributed by atoms with Crippen molar-refractivity contribution in [1.82, 2.24) is 24.7 Å². The predicted molar refractivity (Wildman–Crippen MR) is 111 cm³/mol. The molecule has 2 aliphatic heterocycles. The molecule has 1 aromatic heterocycles. The van der Waals surface area contributed by atoms with E-state index in [1.165, 1.54) is 5.56 Å². The van der Waals surface area contributed by atoms with Gasteiger partial charge in [-0.25, -0.2) is 4.98 Å². The van der Waals surface area contributed by atoms with Crippen LogP contribution in [0.15, 0.2) is 48.0 Å². The smallest absolute Gasteiger partial charge is 0.251 e. The number of carbonyl (C=O) groups is 1. The number of hydrogen-bond donors (Lipinski definition) is 1. The van der Waals surface area contributed by atoms with Gasteiger partial charge in [-0.3, -0.25) is 9.79 Å². The molecule has 0 bridgehead atoms. The molecule has 1 N–H and O–H groups in total. The third-order valence-electron chi connectivity index (χ3n) is 5.47. The van der Waals surface area contributed by atoms with Crippen LogP contribution >= 0.6 is 0 Å². The zero-order valence-electron chi connectivity index (χ0n) is 16.8. The number of nitrogens with zero attached hydrogens (tertiary/aromatic N) is 5. The molecule has 1 amide bonds. The fraction of sp³-hybridized carbons (Fsp3) is 0.476. The summed E-state index contributed by atoms with van der Waals surface area (Å²) in [7, 11) is 1.80. The predicted octanol–water partition coefficient (Wildman–Crippen LogP) is 1.27. The lowest BCUT2D eigenvalue weighted by molar-refractivity contribution is -0.142. The van der Waals surface area contributed by atoms with E-state index in [-0.39, 0.29) is 12.0 Å². The number of aromatic nitrogens is 2. The molecule has 0 saturated carbocycles. The Morgan fingerprint density at radius 2 is 2.10 bits per heavy atom. The van der Waals surface area contributed by atoms with Gasteiger partial charge in [0.15, 0.2) is 5.96 Å². The molecule has 1 unspecified atom stereocenters. The van der Waals surface area contributed by atoms with Crippen molar-refractivity contribution in [3.05, 3.63) is 48.5 Å². The van der Waals surface area contributed by atoms with Crippen molar-refractivity contribution >= 4 is 11.9 Å². The van der Waals surface area contributed by atoms with Gasteiger partial charge in [0.2, 0.25) is 0 Å². The van der Waals surface area contributed by atoms with Crippen LogP contribution in [-0.2, 0) is 16.1 Å². The Morgan fingerprint density at radius 1 is 1.28 bits per heavy atom. The SMILES string of the molecule is CN=C(NCc1cccc(-n2ccnc2)c1)N1CCN(C(=O)C2CCCO2)CC1. The maximum atomic E-state index is 12.5. The van der Waals surface area contributed by atoms with Gasteiger partial charge in [0, 0.05) is 64.5 Å². The normalized spacial score (nSPS) is 20.2. The average molecular weight is 396 g/mol. The molecule has 0 spiro atoms. The fourth-order valence-corrected chi connectivity index (χ4v) is 3.87. The fourth-order valence-electron chi connectivity index (χ4n) is 3.87. The lowest BCUT2D eigenvalue weighted by Crippen LogP contribution is -2.55. The number of imidazole rings is 1. The molecule has 4 rings (SSSR count). The minimum atomic E-state index is -0.234. The van der Waals surface area contributed by atoms with Gasteiger partial charge in [-0.1, -0.05) is 12.1 Å². The van der Waals surface area contributed by atoms with E-state index in [4.69, 9.17) is 4.74 Å². The van der Waals surface area contributed by atoms with Crippen molar-refractivity contribution in [3.63, 3.8) is 0 Å². The number of nitrogens with one attached hydrogen (secondary N) is 1. The number of aliphatic imine (C=N–C) groups is 1. The van der Waals surface area contributed by atoms with Crippen LogP contribution in [0.5, 0.6) is 0 Å². The quantitative estimate of drug-likeness (QED) is 0.622. The van der Waals surface area contributed by atoms with Crippen LogP contribution < -0.4 is 5.32 Å². The maximum Gasteiger partial charge on any atom is 0.251 e. The second-order valence-electron chi connectivity index (χ2n) is 7.35. The molecule has 2 aliphatic rings. The van der Waals surface area contributed by atoms with E-state index >= 15 is 0 Å². The molecule has 8 heteroatoms. The van der Waals surface area contributed by atoms with Crippen LogP contribution in [0.4, 0.5) is 0 Å². The average Bonchev–Trinajstić information content (AvgIpc) is 3.49. The summed E-state index contributed by atoms with van der Waals surface area (Å²) in [6.45, 7) is 4.34. The van der Waals surface area contributed by atoms with Gasteiger partial charge in [0.05, 0.1) is 6.33 Å². The van der Waals surface area contributed by atoms with Crippen molar-refractivity contribution in [3.8, 4) is 5.69 Å². The van der Waals surface area contributed by atoms with Gasteiger partial charge in [0.25, 0.3) is 5.91 Å². The first kappa shape index (κ1) is 19.4. The molecule has 0 radical (unpaired) electrons. The Kier molecular flexibility index (Phi) is 6.09. The zero-order valence-corrected chi connectivity index (χ0v) is 16.8. The minimum Gasteiger partial charge on any atom is -0.368 e. The van der Waals surface area contributed by atoms with E-state index in [2.05, 4.69) is 38.4 Å². The summed E-state index contributed by atoms with van der Waals surface area (Å²) in [6.07, 6.45) is 7.10. The molecule has 0 aliphatic carbocycles. The molecule has 2 aromatic rings. The lowest BCUT2D eigenvalue weighted by atomic mass is 10.2. The van der Waals surface area contributed by atoms with Crippen molar-refractivity contribution in [1.29, 1.82) is 0 Å². The van der Waals surface area contributed by atoms with Gasteiger partial charge < -0.3 is 24.4 Å². The van der Waals surface area contributed by atoms with Crippen LogP contribution in [0.1, 0.15) is 18.4 Å². The van der Waals surface area contributed by atoms with Crippen molar-refractivity contribution in [2.75, 3.05) is 39.8 Å². The van der Waals surface area contributed by atoms with Crippen LogP contribution in [-0.4, -0.2) is 77.2 Å². The second-order valence-corrected chi connectivity index (χ2v) is 7.35. The summed E-state index contributed by atoms with van der Waals surface area (Å²) >= 11 is 0. The number of benzene rings is 1. The molecule has 8 nitrogen and oxygen atoms in total.